The van der Waals surface area contributed by atoms with Gasteiger partial charge in [-0.2, -0.15) is 0 Å². The van der Waals surface area contributed by atoms with Crippen LogP contribution in [0, 0.1) is 0 Å². The lowest BCUT2D eigenvalue weighted by atomic mass is 10.6. The highest BCUT2D eigenvalue weighted by Gasteiger charge is 1.71. The second-order valence-corrected chi connectivity index (χ2v) is 1.69. The molecule has 44 valence electrons. The first-order chi connectivity index (χ1) is 3.77. The molecule has 0 aliphatic carbocycles. The quantitative estimate of drug-likeness (QED) is 0.508. The standard InChI is InChI=1S/C6H8ClN/c1-3-4-8-5-6(2)7/h3-5H,2H2,1H3/b4-3-,8-5?. The fourth-order valence-electron chi connectivity index (χ4n) is 0.210. The van der Waals surface area contributed by atoms with Crippen molar-refractivity contribution >= 4 is 17.8 Å². The van der Waals surface area contributed by atoms with E-state index in [1.807, 2.05) is 13.0 Å². The molecule has 0 atom stereocenters. The van der Waals surface area contributed by atoms with Crippen LogP contribution in [0.15, 0.2) is 28.9 Å². The highest BCUT2D eigenvalue weighted by molar-refractivity contribution is 6.38. The zero-order valence-corrected chi connectivity index (χ0v) is 5.52. The van der Waals surface area contributed by atoms with Crippen LogP contribution in [-0.4, -0.2) is 6.21 Å². The zero-order valence-electron chi connectivity index (χ0n) is 4.76. The highest BCUT2D eigenvalue weighted by Crippen LogP contribution is 1.89. The number of rotatable bonds is 2. The van der Waals surface area contributed by atoms with Gasteiger partial charge in [0, 0.05) is 12.4 Å². The van der Waals surface area contributed by atoms with E-state index >= 15 is 0 Å². The van der Waals surface area contributed by atoms with Gasteiger partial charge >= 0.3 is 0 Å². The Hall–Kier alpha value is -0.560. The normalized spacial score (nSPS) is 11.2. The molecule has 8 heavy (non-hydrogen) atoms. The molecule has 0 amide bonds. The van der Waals surface area contributed by atoms with E-state index in [1.165, 1.54) is 6.21 Å². The maximum atomic E-state index is 5.34. The molecule has 1 nitrogen and oxygen atoms in total. The second kappa shape index (κ2) is 4.60. The SMILES string of the molecule is C=C(Cl)C=N/C=C\C. The molecule has 0 unspecified atom stereocenters. The highest BCUT2D eigenvalue weighted by atomic mass is 35.5. The van der Waals surface area contributed by atoms with E-state index < -0.39 is 0 Å². The predicted octanol–water partition coefficient (Wildman–Crippen LogP) is 2.34. The van der Waals surface area contributed by atoms with Crippen LogP contribution in [0.3, 0.4) is 0 Å². The number of aliphatic imine (C=N–C) groups is 1. The summed E-state index contributed by atoms with van der Waals surface area (Å²) in [7, 11) is 0. The Morgan fingerprint density at radius 2 is 2.38 bits per heavy atom. The van der Waals surface area contributed by atoms with Gasteiger partial charge in [-0.3, -0.25) is 4.99 Å². The summed E-state index contributed by atoms with van der Waals surface area (Å²) < 4.78 is 0. The summed E-state index contributed by atoms with van der Waals surface area (Å²) in [5.41, 5.74) is 0. The molecule has 0 spiro atoms. The van der Waals surface area contributed by atoms with Gasteiger partial charge < -0.3 is 0 Å². The Kier molecular flexibility index (Phi) is 4.27. The van der Waals surface area contributed by atoms with Crippen LogP contribution in [-0.2, 0) is 0 Å². The van der Waals surface area contributed by atoms with Gasteiger partial charge in [0.1, 0.15) is 0 Å². The third-order valence-corrected chi connectivity index (χ3v) is 0.547. The number of nitrogens with zero attached hydrogens (tertiary/aromatic N) is 1. The molecule has 0 saturated heterocycles. The molecule has 0 aromatic heterocycles. The van der Waals surface area contributed by atoms with Crippen molar-refractivity contribution in [3.63, 3.8) is 0 Å². The average Bonchev–Trinajstić information content (AvgIpc) is 1.66. The fraction of sp³-hybridized carbons (Fsp3) is 0.167. The van der Waals surface area contributed by atoms with Crippen LogP contribution in [0.4, 0.5) is 0 Å². The molecule has 0 bridgehead atoms. The van der Waals surface area contributed by atoms with Gasteiger partial charge in [0.2, 0.25) is 0 Å². The Morgan fingerprint density at radius 1 is 1.75 bits per heavy atom. The molecule has 0 aliphatic rings. The largest absolute Gasteiger partial charge is 0.264 e. The molecule has 0 rings (SSSR count). The summed E-state index contributed by atoms with van der Waals surface area (Å²) in [6.07, 6.45) is 4.95. The minimum Gasteiger partial charge on any atom is -0.264 e. The minimum absolute atomic E-state index is 0.447. The molecule has 0 N–H and O–H groups in total. The van der Waals surface area contributed by atoms with Crippen LogP contribution >= 0.6 is 11.6 Å². The molecule has 0 aromatic rings. The lowest BCUT2D eigenvalue weighted by Crippen LogP contribution is -1.64. The first-order valence-corrected chi connectivity index (χ1v) is 2.64. The molecule has 0 heterocycles. The Bertz CT molecular complexity index is 124. The fourth-order valence-corrected chi connectivity index (χ4v) is 0.266. The Balaban J connectivity index is 3.50. The maximum Gasteiger partial charge on any atom is 0.0517 e. The minimum atomic E-state index is 0.447. The first kappa shape index (κ1) is 7.44. The van der Waals surface area contributed by atoms with Crippen molar-refractivity contribution in [2.24, 2.45) is 4.99 Å². The molecule has 2 heteroatoms. The van der Waals surface area contributed by atoms with Crippen molar-refractivity contribution in [3.8, 4) is 0 Å². The first-order valence-electron chi connectivity index (χ1n) is 2.26. The van der Waals surface area contributed by atoms with Crippen LogP contribution in [0.1, 0.15) is 6.92 Å². The molecule has 0 saturated carbocycles. The van der Waals surface area contributed by atoms with Gasteiger partial charge in [-0.1, -0.05) is 24.3 Å². The lowest BCUT2D eigenvalue weighted by Gasteiger charge is -1.75. The van der Waals surface area contributed by atoms with E-state index in [2.05, 4.69) is 11.6 Å². The van der Waals surface area contributed by atoms with Gasteiger partial charge in [-0.25, -0.2) is 0 Å². The number of hydrogen-bond acceptors (Lipinski definition) is 1. The summed E-state index contributed by atoms with van der Waals surface area (Å²) in [4.78, 5) is 3.75. The van der Waals surface area contributed by atoms with Crippen molar-refractivity contribution < 1.29 is 0 Å². The maximum absolute atomic E-state index is 5.34. The zero-order chi connectivity index (χ0) is 6.41. The van der Waals surface area contributed by atoms with Gasteiger partial charge in [0.25, 0.3) is 0 Å². The molecule has 0 fully saturated rings. The van der Waals surface area contributed by atoms with Crippen LogP contribution < -0.4 is 0 Å². The van der Waals surface area contributed by atoms with Crippen LogP contribution in [0.5, 0.6) is 0 Å². The average molecular weight is 130 g/mol. The van der Waals surface area contributed by atoms with E-state index in [9.17, 15) is 0 Å². The topological polar surface area (TPSA) is 12.4 Å². The summed E-state index contributed by atoms with van der Waals surface area (Å²) in [6.45, 7) is 5.29. The number of hydrogen-bond donors (Lipinski definition) is 0. The van der Waals surface area contributed by atoms with Crippen molar-refractivity contribution in [1.29, 1.82) is 0 Å². The molecule has 0 radical (unpaired) electrons. The molecular formula is C6H8ClN. The van der Waals surface area contributed by atoms with E-state index in [4.69, 9.17) is 11.6 Å². The van der Waals surface area contributed by atoms with E-state index in [-0.39, 0.29) is 0 Å². The van der Waals surface area contributed by atoms with Gasteiger partial charge in [0.15, 0.2) is 0 Å². The van der Waals surface area contributed by atoms with Crippen molar-refractivity contribution in [2.45, 2.75) is 6.92 Å². The smallest absolute Gasteiger partial charge is 0.0517 e. The predicted molar refractivity (Wildman–Crippen MR) is 38.3 cm³/mol. The molecule has 0 aromatic carbocycles. The molecule has 0 aliphatic heterocycles. The lowest BCUT2D eigenvalue weighted by molar-refractivity contribution is 1.55. The van der Waals surface area contributed by atoms with Crippen LogP contribution in [0.25, 0.3) is 0 Å². The summed E-state index contributed by atoms with van der Waals surface area (Å²) in [6, 6.07) is 0. The number of allylic oxidation sites excluding steroid dienone is 2. The van der Waals surface area contributed by atoms with Gasteiger partial charge in [-0.15, -0.1) is 0 Å². The number of halogens is 1. The summed E-state index contributed by atoms with van der Waals surface area (Å²) >= 11 is 5.34. The third-order valence-electron chi connectivity index (χ3n) is 0.450. The Labute approximate surface area is 54.4 Å². The summed E-state index contributed by atoms with van der Waals surface area (Å²) in [5.74, 6) is 0. The second-order valence-electron chi connectivity index (χ2n) is 1.21. The van der Waals surface area contributed by atoms with Crippen molar-refractivity contribution in [2.75, 3.05) is 0 Å². The summed E-state index contributed by atoms with van der Waals surface area (Å²) in [5, 5.41) is 0.447. The monoisotopic (exact) mass is 129 g/mol. The van der Waals surface area contributed by atoms with E-state index in [1.54, 1.807) is 6.20 Å². The van der Waals surface area contributed by atoms with E-state index in [0.717, 1.165) is 0 Å². The van der Waals surface area contributed by atoms with Crippen molar-refractivity contribution in [3.05, 3.63) is 23.9 Å². The molecular weight excluding hydrogens is 122 g/mol. The van der Waals surface area contributed by atoms with Crippen LogP contribution in [0.2, 0.25) is 0 Å². The Morgan fingerprint density at radius 3 is 2.75 bits per heavy atom. The van der Waals surface area contributed by atoms with Crippen molar-refractivity contribution in [1.82, 2.24) is 0 Å². The van der Waals surface area contributed by atoms with E-state index in [0.29, 0.717) is 5.03 Å². The van der Waals surface area contributed by atoms with Gasteiger partial charge in [-0.05, 0) is 6.92 Å². The third kappa shape index (κ3) is 5.44. The van der Waals surface area contributed by atoms with Gasteiger partial charge in [0.05, 0.1) is 5.03 Å².